The van der Waals surface area contributed by atoms with Gasteiger partial charge in [0.2, 0.25) is 0 Å². The van der Waals surface area contributed by atoms with Crippen molar-refractivity contribution in [2.24, 2.45) is 0 Å². The Morgan fingerprint density at radius 1 is 1.53 bits per heavy atom. The first-order chi connectivity index (χ1) is 9.15. The third-order valence-corrected chi connectivity index (χ3v) is 2.95. The van der Waals surface area contributed by atoms with Crippen molar-refractivity contribution in [3.05, 3.63) is 46.2 Å². The fourth-order valence-electron chi connectivity index (χ4n) is 1.60. The van der Waals surface area contributed by atoms with Gasteiger partial charge in [-0.2, -0.15) is 5.10 Å². The Morgan fingerprint density at radius 3 is 3.00 bits per heavy atom. The summed E-state index contributed by atoms with van der Waals surface area (Å²) in [5, 5.41) is 4.07. The summed E-state index contributed by atoms with van der Waals surface area (Å²) in [5.41, 5.74) is 1.43. The summed E-state index contributed by atoms with van der Waals surface area (Å²) in [6.45, 7) is 2.05. The molecule has 0 aliphatic carbocycles. The van der Waals surface area contributed by atoms with Crippen molar-refractivity contribution in [3.8, 4) is 5.69 Å². The lowest BCUT2D eigenvalue weighted by atomic mass is 10.2. The number of carbonyl (C=O) groups excluding carboxylic acids is 2. The monoisotopic (exact) mass is 322 g/mol. The van der Waals surface area contributed by atoms with Gasteiger partial charge in [-0.15, -0.1) is 0 Å². The lowest BCUT2D eigenvalue weighted by molar-refractivity contribution is 0.0526. The van der Waals surface area contributed by atoms with E-state index in [1.54, 1.807) is 25.1 Å². The zero-order valence-corrected chi connectivity index (χ0v) is 11.8. The molecule has 0 saturated heterocycles. The maximum absolute atomic E-state index is 11.5. The molecule has 0 fully saturated rings. The first-order valence-electron chi connectivity index (χ1n) is 5.62. The minimum Gasteiger partial charge on any atom is -0.462 e. The van der Waals surface area contributed by atoms with Gasteiger partial charge in [-0.05, 0) is 25.1 Å². The number of ether oxygens (including phenoxy) is 1. The summed E-state index contributed by atoms with van der Waals surface area (Å²) in [5.74, 6) is -0.432. The number of esters is 1. The maximum Gasteiger partial charge on any atom is 0.341 e. The third kappa shape index (κ3) is 2.90. The molecule has 0 atom stereocenters. The van der Waals surface area contributed by atoms with Crippen molar-refractivity contribution in [1.29, 1.82) is 0 Å². The molecule has 2 aromatic rings. The molecule has 1 heterocycles. The predicted molar refractivity (Wildman–Crippen MR) is 72.6 cm³/mol. The highest BCUT2D eigenvalue weighted by molar-refractivity contribution is 9.10. The molecule has 0 aliphatic heterocycles. The van der Waals surface area contributed by atoms with Gasteiger partial charge >= 0.3 is 5.97 Å². The number of aromatic nitrogens is 2. The second-order valence-corrected chi connectivity index (χ2v) is 4.63. The quantitative estimate of drug-likeness (QED) is 0.641. The molecule has 19 heavy (non-hydrogen) atoms. The molecule has 0 N–H and O–H groups in total. The van der Waals surface area contributed by atoms with Crippen molar-refractivity contribution in [2.45, 2.75) is 6.92 Å². The van der Waals surface area contributed by atoms with Gasteiger partial charge in [-0.3, -0.25) is 4.79 Å². The van der Waals surface area contributed by atoms with Crippen LogP contribution in [-0.2, 0) is 4.74 Å². The van der Waals surface area contributed by atoms with Crippen molar-refractivity contribution >= 4 is 28.2 Å². The highest BCUT2D eigenvalue weighted by Gasteiger charge is 2.12. The molecule has 0 bridgehead atoms. The van der Waals surface area contributed by atoms with Crippen LogP contribution in [0.4, 0.5) is 0 Å². The molecule has 1 aromatic heterocycles. The maximum atomic E-state index is 11.5. The number of rotatable bonds is 4. The third-order valence-electron chi connectivity index (χ3n) is 2.46. The molecule has 1 aromatic carbocycles. The minimum atomic E-state index is -0.432. The highest BCUT2D eigenvalue weighted by Crippen LogP contribution is 2.19. The number of nitrogens with zero attached hydrogens (tertiary/aromatic N) is 2. The van der Waals surface area contributed by atoms with Gasteiger partial charge in [0, 0.05) is 16.2 Å². The highest BCUT2D eigenvalue weighted by atomic mass is 79.9. The van der Waals surface area contributed by atoms with Crippen molar-refractivity contribution in [2.75, 3.05) is 6.61 Å². The molecular weight excluding hydrogens is 312 g/mol. The van der Waals surface area contributed by atoms with Gasteiger partial charge in [0.05, 0.1) is 24.1 Å². The van der Waals surface area contributed by atoms with Crippen molar-refractivity contribution in [3.63, 3.8) is 0 Å². The van der Waals surface area contributed by atoms with E-state index in [0.717, 1.165) is 10.8 Å². The molecule has 0 amide bonds. The zero-order valence-electron chi connectivity index (χ0n) is 10.2. The predicted octanol–water partition coefficient (Wildman–Crippen LogP) is 2.62. The largest absolute Gasteiger partial charge is 0.462 e. The molecular formula is C13H11BrN2O3. The molecule has 6 heteroatoms. The number of carbonyl (C=O) groups is 2. The van der Waals surface area contributed by atoms with Gasteiger partial charge in [-0.1, -0.05) is 15.9 Å². The van der Waals surface area contributed by atoms with Crippen LogP contribution in [0.5, 0.6) is 0 Å². The molecule has 0 saturated carbocycles. The lowest BCUT2D eigenvalue weighted by Crippen LogP contribution is -2.03. The van der Waals surface area contributed by atoms with E-state index >= 15 is 0 Å². The van der Waals surface area contributed by atoms with Gasteiger partial charge in [0.25, 0.3) is 0 Å². The number of hydrogen-bond donors (Lipinski definition) is 0. The fourth-order valence-corrected chi connectivity index (χ4v) is 1.98. The van der Waals surface area contributed by atoms with Crippen LogP contribution in [0.15, 0.2) is 35.1 Å². The van der Waals surface area contributed by atoms with Crippen LogP contribution in [0.25, 0.3) is 5.69 Å². The van der Waals surface area contributed by atoms with Gasteiger partial charge in [0.1, 0.15) is 0 Å². The van der Waals surface area contributed by atoms with E-state index < -0.39 is 5.97 Å². The number of hydrogen-bond acceptors (Lipinski definition) is 4. The Hall–Kier alpha value is -1.95. The molecule has 98 valence electrons. The van der Waals surface area contributed by atoms with E-state index in [1.165, 1.54) is 17.1 Å². The average Bonchev–Trinajstić information content (AvgIpc) is 2.88. The molecule has 0 spiro atoms. The minimum absolute atomic E-state index is 0.307. The number of benzene rings is 1. The fraction of sp³-hybridized carbons (Fsp3) is 0.154. The van der Waals surface area contributed by atoms with Crippen LogP contribution < -0.4 is 0 Å². The summed E-state index contributed by atoms with van der Waals surface area (Å²) in [7, 11) is 0. The summed E-state index contributed by atoms with van der Waals surface area (Å²) in [6, 6.07) is 5.23. The normalized spacial score (nSPS) is 10.2. The smallest absolute Gasteiger partial charge is 0.341 e. The van der Waals surface area contributed by atoms with Crippen molar-refractivity contribution < 1.29 is 14.3 Å². The SMILES string of the molecule is CCOC(=O)c1cnn(-c2ccc(Br)cc2C=O)c1. The first kappa shape index (κ1) is 13.5. The van der Waals surface area contributed by atoms with Crippen LogP contribution in [0.3, 0.4) is 0 Å². The summed E-state index contributed by atoms with van der Waals surface area (Å²) in [6.07, 6.45) is 3.69. The van der Waals surface area contributed by atoms with Crippen LogP contribution in [0.2, 0.25) is 0 Å². The van der Waals surface area contributed by atoms with E-state index in [-0.39, 0.29) is 0 Å². The Morgan fingerprint density at radius 2 is 2.32 bits per heavy atom. The van der Waals surface area contributed by atoms with Crippen molar-refractivity contribution in [1.82, 2.24) is 9.78 Å². The summed E-state index contributed by atoms with van der Waals surface area (Å²) >= 11 is 3.30. The number of halogens is 1. The van der Waals surface area contributed by atoms with E-state index in [9.17, 15) is 9.59 Å². The van der Waals surface area contributed by atoms with E-state index in [0.29, 0.717) is 23.4 Å². The first-order valence-corrected chi connectivity index (χ1v) is 6.42. The van der Waals surface area contributed by atoms with Gasteiger partial charge in [-0.25, -0.2) is 9.48 Å². The van der Waals surface area contributed by atoms with E-state index in [2.05, 4.69) is 21.0 Å². The lowest BCUT2D eigenvalue weighted by Gasteiger charge is -2.04. The summed E-state index contributed by atoms with van der Waals surface area (Å²) < 4.78 is 7.16. The topological polar surface area (TPSA) is 61.2 Å². The zero-order chi connectivity index (χ0) is 13.8. The van der Waals surface area contributed by atoms with Crippen LogP contribution in [-0.4, -0.2) is 28.6 Å². The molecule has 0 aliphatic rings. The Labute approximate surface area is 118 Å². The molecule has 0 radical (unpaired) electrons. The standard InChI is InChI=1S/C13H11BrN2O3/c1-2-19-13(18)10-6-15-16(7-10)12-4-3-11(14)5-9(12)8-17/h3-8H,2H2,1H3. The molecule has 0 unspecified atom stereocenters. The second-order valence-electron chi connectivity index (χ2n) is 3.72. The molecule has 2 rings (SSSR count). The number of aldehydes is 1. The molecule has 5 nitrogen and oxygen atoms in total. The van der Waals surface area contributed by atoms with Crippen LogP contribution in [0, 0.1) is 0 Å². The van der Waals surface area contributed by atoms with E-state index in [1.807, 2.05) is 0 Å². The Balaban J connectivity index is 2.38. The Kier molecular flexibility index (Phi) is 4.11. The van der Waals surface area contributed by atoms with Gasteiger partial charge in [0.15, 0.2) is 6.29 Å². The average molecular weight is 323 g/mol. The second kappa shape index (κ2) is 5.79. The Bertz CT molecular complexity index is 622. The van der Waals surface area contributed by atoms with Gasteiger partial charge < -0.3 is 4.74 Å². The van der Waals surface area contributed by atoms with Crippen LogP contribution >= 0.6 is 15.9 Å². The summed E-state index contributed by atoms with van der Waals surface area (Å²) in [4.78, 5) is 22.6. The van der Waals surface area contributed by atoms with Crippen LogP contribution in [0.1, 0.15) is 27.6 Å². The van der Waals surface area contributed by atoms with E-state index in [4.69, 9.17) is 4.74 Å².